The first-order valence-electron chi connectivity index (χ1n) is 7.78. The van der Waals surface area contributed by atoms with E-state index in [2.05, 4.69) is 5.32 Å². The largest absolute Gasteiger partial charge is 0.455 e. The molecular formula is C16H22N2O3. The van der Waals surface area contributed by atoms with Crippen molar-refractivity contribution < 1.29 is 14.0 Å². The molecule has 114 valence electrons. The van der Waals surface area contributed by atoms with E-state index in [4.69, 9.17) is 10.2 Å². The van der Waals surface area contributed by atoms with Crippen LogP contribution in [0.1, 0.15) is 64.3 Å². The highest BCUT2D eigenvalue weighted by Crippen LogP contribution is 2.30. The van der Waals surface area contributed by atoms with Crippen molar-refractivity contribution in [1.82, 2.24) is 5.32 Å². The van der Waals surface area contributed by atoms with Crippen LogP contribution in [0, 0.1) is 12.8 Å². The fraction of sp³-hybridized carbons (Fsp3) is 0.625. The summed E-state index contributed by atoms with van der Waals surface area (Å²) in [6.45, 7) is 2.40. The molecule has 3 rings (SSSR count). The van der Waals surface area contributed by atoms with E-state index < -0.39 is 0 Å². The topological polar surface area (TPSA) is 85.3 Å². The number of aryl methyl sites for hydroxylation is 1. The van der Waals surface area contributed by atoms with Gasteiger partial charge in [-0.2, -0.15) is 0 Å². The molecule has 1 fully saturated rings. The number of fused-ring (bicyclic) bond motifs is 1. The number of hydrogen-bond acceptors (Lipinski definition) is 4. The Labute approximate surface area is 124 Å². The van der Waals surface area contributed by atoms with Crippen LogP contribution in [-0.2, 0) is 6.42 Å². The summed E-state index contributed by atoms with van der Waals surface area (Å²) in [6, 6.07) is 0.125. The minimum absolute atomic E-state index is 0.0947. The second-order valence-corrected chi connectivity index (χ2v) is 6.14. The molecule has 1 heterocycles. The zero-order valence-electron chi connectivity index (χ0n) is 12.4. The van der Waals surface area contributed by atoms with E-state index in [9.17, 15) is 9.59 Å². The first kappa shape index (κ1) is 14.3. The van der Waals surface area contributed by atoms with Gasteiger partial charge in [-0.15, -0.1) is 0 Å². The van der Waals surface area contributed by atoms with Crippen molar-refractivity contribution in [1.29, 1.82) is 0 Å². The lowest BCUT2D eigenvalue weighted by Crippen LogP contribution is -2.39. The molecule has 2 aliphatic carbocycles. The summed E-state index contributed by atoms with van der Waals surface area (Å²) in [5, 5.41) is 3.04. The summed E-state index contributed by atoms with van der Waals surface area (Å²) < 4.78 is 5.68. The molecule has 1 aromatic heterocycles. The lowest BCUT2D eigenvalue weighted by Gasteiger charge is -2.18. The van der Waals surface area contributed by atoms with E-state index >= 15 is 0 Å². The first-order valence-corrected chi connectivity index (χ1v) is 7.78. The molecule has 0 saturated heterocycles. The number of Topliss-reactive ketones (excluding diaryl/α,β-unsaturated/α-hetero) is 1. The van der Waals surface area contributed by atoms with Gasteiger partial charge in [-0.05, 0) is 38.6 Å². The third-order valence-corrected chi connectivity index (χ3v) is 4.79. The predicted molar refractivity (Wildman–Crippen MR) is 78.4 cm³/mol. The van der Waals surface area contributed by atoms with E-state index in [-0.39, 0.29) is 17.7 Å². The number of carbonyl (C=O) groups excluding carboxylic acids is 2. The molecule has 3 N–H and O–H groups in total. The number of carbonyl (C=O) groups is 2. The lowest BCUT2D eigenvalue weighted by molar-refractivity contribution is 0.0895. The van der Waals surface area contributed by atoms with Gasteiger partial charge in [0.15, 0.2) is 11.5 Å². The van der Waals surface area contributed by atoms with E-state index in [0.29, 0.717) is 41.5 Å². The Morgan fingerprint density at radius 2 is 2.14 bits per heavy atom. The fourth-order valence-corrected chi connectivity index (χ4v) is 3.61. The number of furan rings is 1. The van der Waals surface area contributed by atoms with Crippen LogP contribution in [0.2, 0.25) is 0 Å². The Morgan fingerprint density at radius 1 is 1.33 bits per heavy atom. The van der Waals surface area contributed by atoms with Gasteiger partial charge in [0.1, 0.15) is 5.76 Å². The second-order valence-electron chi connectivity index (χ2n) is 6.14. The minimum Gasteiger partial charge on any atom is -0.455 e. The molecule has 0 aromatic carbocycles. The summed E-state index contributed by atoms with van der Waals surface area (Å²) in [5.41, 5.74) is 7.07. The van der Waals surface area contributed by atoms with Gasteiger partial charge in [0.2, 0.25) is 0 Å². The number of hydrogen-bond donors (Lipinski definition) is 2. The SMILES string of the molecule is Cc1c(C(=O)NC2CCCC2CN)oc2c1C(=O)CCC2. The molecular weight excluding hydrogens is 268 g/mol. The highest BCUT2D eigenvalue weighted by molar-refractivity contribution is 6.03. The van der Waals surface area contributed by atoms with Crippen molar-refractivity contribution in [2.45, 2.75) is 51.5 Å². The molecule has 2 unspecified atom stereocenters. The van der Waals surface area contributed by atoms with Gasteiger partial charge in [-0.1, -0.05) is 6.42 Å². The van der Waals surface area contributed by atoms with Gasteiger partial charge in [-0.25, -0.2) is 0 Å². The number of amides is 1. The van der Waals surface area contributed by atoms with E-state index in [1.165, 1.54) is 0 Å². The number of nitrogens with two attached hydrogens (primary N) is 1. The standard InChI is InChI=1S/C16H22N2O3/c1-9-14-12(19)6-3-7-13(14)21-15(9)16(20)18-11-5-2-4-10(11)8-17/h10-11H,2-8,17H2,1H3,(H,18,20). The first-order chi connectivity index (χ1) is 10.1. The molecule has 2 aliphatic rings. The highest BCUT2D eigenvalue weighted by atomic mass is 16.4. The average Bonchev–Trinajstić information content (AvgIpc) is 3.04. The normalized spacial score (nSPS) is 25.0. The van der Waals surface area contributed by atoms with Crippen LogP contribution in [-0.4, -0.2) is 24.3 Å². The average molecular weight is 290 g/mol. The van der Waals surface area contributed by atoms with Gasteiger partial charge >= 0.3 is 0 Å². The molecule has 5 nitrogen and oxygen atoms in total. The van der Waals surface area contributed by atoms with Gasteiger partial charge in [-0.3, -0.25) is 9.59 Å². The lowest BCUT2D eigenvalue weighted by atomic mass is 9.94. The summed E-state index contributed by atoms with van der Waals surface area (Å²) in [7, 11) is 0. The zero-order chi connectivity index (χ0) is 15.0. The van der Waals surface area contributed by atoms with Crippen LogP contribution >= 0.6 is 0 Å². The Morgan fingerprint density at radius 3 is 2.86 bits per heavy atom. The van der Waals surface area contributed by atoms with Crippen molar-refractivity contribution >= 4 is 11.7 Å². The predicted octanol–water partition coefficient (Wildman–Crippen LogP) is 1.96. The smallest absolute Gasteiger partial charge is 0.287 e. The molecule has 21 heavy (non-hydrogen) atoms. The zero-order valence-corrected chi connectivity index (χ0v) is 12.4. The van der Waals surface area contributed by atoms with Gasteiger partial charge in [0.05, 0.1) is 5.56 Å². The van der Waals surface area contributed by atoms with Crippen LogP contribution < -0.4 is 11.1 Å². The Hall–Kier alpha value is -1.62. The van der Waals surface area contributed by atoms with Crippen molar-refractivity contribution in [3.8, 4) is 0 Å². The third kappa shape index (κ3) is 2.50. The van der Waals surface area contributed by atoms with Crippen molar-refractivity contribution in [3.63, 3.8) is 0 Å². The quantitative estimate of drug-likeness (QED) is 0.891. The summed E-state index contributed by atoms with van der Waals surface area (Å²) in [5.74, 6) is 1.21. The molecule has 0 spiro atoms. The van der Waals surface area contributed by atoms with Crippen molar-refractivity contribution in [2.24, 2.45) is 11.7 Å². The summed E-state index contributed by atoms with van der Waals surface area (Å²) in [4.78, 5) is 24.4. The Bertz CT molecular complexity index is 576. The molecule has 5 heteroatoms. The van der Waals surface area contributed by atoms with Crippen LogP contribution in [0.25, 0.3) is 0 Å². The molecule has 2 atom stereocenters. The van der Waals surface area contributed by atoms with Gasteiger partial charge < -0.3 is 15.5 Å². The molecule has 1 amide bonds. The van der Waals surface area contributed by atoms with Gasteiger partial charge in [0.25, 0.3) is 5.91 Å². The number of rotatable bonds is 3. The number of nitrogens with one attached hydrogen (secondary N) is 1. The molecule has 1 aromatic rings. The molecule has 0 bridgehead atoms. The van der Waals surface area contributed by atoms with Gasteiger partial charge in [0, 0.05) is 24.4 Å². The monoisotopic (exact) mass is 290 g/mol. The summed E-state index contributed by atoms with van der Waals surface area (Å²) in [6.07, 6.45) is 5.21. The van der Waals surface area contributed by atoms with Crippen molar-refractivity contribution in [3.05, 3.63) is 22.6 Å². The maximum atomic E-state index is 12.5. The maximum absolute atomic E-state index is 12.5. The van der Waals surface area contributed by atoms with Crippen LogP contribution in [0.3, 0.4) is 0 Å². The third-order valence-electron chi connectivity index (χ3n) is 4.79. The van der Waals surface area contributed by atoms with Crippen LogP contribution in [0.4, 0.5) is 0 Å². The van der Waals surface area contributed by atoms with Crippen LogP contribution in [0.5, 0.6) is 0 Å². The fourth-order valence-electron chi connectivity index (χ4n) is 3.61. The van der Waals surface area contributed by atoms with E-state index in [0.717, 1.165) is 32.1 Å². The maximum Gasteiger partial charge on any atom is 0.287 e. The van der Waals surface area contributed by atoms with Crippen LogP contribution in [0.15, 0.2) is 4.42 Å². The molecule has 0 radical (unpaired) electrons. The van der Waals surface area contributed by atoms with E-state index in [1.807, 2.05) is 0 Å². The Balaban J connectivity index is 1.81. The highest BCUT2D eigenvalue weighted by Gasteiger charge is 2.32. The molecule has 0 aliphatic heterocycles. The molecule has 1 saturated carbocycles. The number of ketones is 1. The summed E-state index contributed by atoms with van der Waals surface area (Å²) >= 11 is 0. The Kier molecular flexibility index (Phi) is 3.85. The minimum atomic E-state index is -0.208. The van der Waals surface area contributed by atoms with Crippen molar-refractivity contribution in [2.75, 3.05) is 6.54 Å². The van der Waals surface area contributed by atoms with E-state index in [1.54, 1.807) is 6.92 Å². The second kappa shape index (κ2) is 5.64.